The first kappa shape index (κ1) is 15.6. The zero-order valence-electron chi connectivity index (χ0n) is 14.7. The van der Waals surface area contributed by atoms with E-state index >= 15 is 0 Å². The molecule has 0 fully saturated rings. The van der Waals surface area contributed by atoms with Crippen LogP contribution in [0.3, 0.4) is 0 Å². The molecular weight excluding hydrogens is 310 g/mol. The molecule has 3 aromatic rings. The molecule has 0 spiro atoms. The van der Waals surface area contributed by atoms with Crippen molar-refractivity contribution < 1.29 is 4.79 Å². The van der Waals surface area contributed by atoms with Crippen molar-refractivity contribution >= 4 is 22.4 Å². The molecule has 1 amide bonds. The quantitative estimate of drug-likeness (QED) is 0.794. The molecule has 0 saturated carbocycles. The van der Waals surface area contributed by atoms with Crippen LogP contribution in [0.15, 0.2) is 54.1 Å². The SMILES string of the molecule is CC1=C(c2ccccc2)C1C(=O)NCc1nn(C)c2ccc(C)cc12. The van der Waals surface area contributed by atoms with Gasteiger partial charge >= 0.3 is 0 Å². The third-order valence-electron chi connectivity index (χ3n) is 4.92. The van der Waals surface area contributed by atoms with Gasteiger partial charge in [0.2, 0.25) is 5.91 Å². The van der Waals surface area contributed by atoms with Crippen LogP contribution in [-0.4, -0.2) is 15.7 Å². The molecule has 25 heavy (non-hydrogen) atoms. The highest BCUT2D eigenvalue weighted by Gasteiger charge is 2.39. The molecule has 4 heteroatoms. The number of aryl methyl sites for hydroxylation is 2. The lowest BCUT2D eigenvalue weighted by molar-refractivity contribution is -0.121. The van der Waals surface area contributed by atoms with Gasteiger partial charge in [-0.3, -0.25) is 9.48 Å². The van der Waals surface area contributed by atoms with Crippen LogP contribution in [0.1, 0.15) is 23.7 Å². The van der Waals surface area contributed by atoms with Gasteiger partial charge in [0.05, 0.1) is 23.7 Å². The average Bonchev–Trinajstić information content (AvgIpc) is 3.19. The summed E-state index contributed by atoms with van der Waals surface area (Å²) < 4.78 is 1.87. The minimum Gasteiger partial charge on any atom is -0.350 e. The highest BCUT2D eigenvalue weighted by atomic mass is 16.2. The Balaban J connectivity index is 1.48. The summed E-state index contributed by atoms with van der Waals surface area (Å²) in [5.41, 5.74) is 6.64. The van der Waals surface area contributed by atoms with E-state index in [1.165, 1.54) is 5.56 Å². The summed E-state index contributed by atoms with van der Waals surface area (Å²) in [6.07, 6.45) is 0. The van der Waals surface area contributed by atoms with E-state index < -0.39 is 0 Å². The van der Waals surface area contributed by atoms with E-state index in [0.717, 1.165) is 33.3 Å². The maximum atomic E-state index is 12.6. The second-order valence-electron chi connectivity index (χ2n) is 6.70. The molecule has 1 N–H and O–H groups in total. The van der Waals surface area contributed by atoms with E-state index in [1.54, 1.807) is 0 Å². The van der Waals surface area contributed by atoms with Crippen LogP contribution in [0, 0.1) is 12.8 Å². The Morgan fingerprint density at radius 1 is 1.16 bits per heavy atom. The number of carbonyl (C=O) groups excluding carboxylic acids is 1. The number of hydrogen-bond acceptors (Lipinski definition) is 2. The van der Waals surface area contributed by atoms with Crippen molar-refractivity contribution in [2.75, 3.05) is 0 Å². The summed E-state index contributed by atoms with van der Waals surface area (Å²) in [4.78, 5) is 12.6. The smallest absolute Gasteiger partial charge is 0.232 e. The Kier molecular flexibility index (Phi) is 3.68. The van der Waals surface area contributed by atoms with Crippen molar-refractivity contribution in [2.24, 2.45) is 13.0 Å². The van der Waals surface area contributed by atoms with Crippen molar-refractivity contribution in [3.8, 4) is 0 Å². The van der Waals surface area contributed by atoms with Crippen LogP contribution in [0.25, 0.3) is 16.5 Å². The second-order valence-corrected chi connectivity index (χ2v) is 6.70. The Morgan fingerprint density at radius 2 is 1.92 bits per heavy atom. The first-order valence-electron chi connectivity index (χ1n) is 8.52. The van der Waals surface area contributed by atoms with Crippen molar-refractivity contribution in [2.45, 2.75) is 20.4 Å². The molecule has 1 heterocycles. The third kappa shape index (κ3) is 2.74. The number of aromatic nitrogens is 2. The summed E-state index contributed by atoms with van der Waals surface area (Å²) in [6, 6.07) is 16.4. The number of nitrogens with zero attached hydrogens (tertiary/aromatic N) is 2. The van der Waals surface area contributed by atoms with Gasteiger partial charge in [-0.1, -0.05) is 47.5 Å². The standard InChI is InChI=1S/C21H21N3O/c1-13-9-10-18-16(11-13)17(23-24(18)3)12-22-21(25)20-14(2)19(20)15-7-5-4-6-8-15/h4-11,20H,12H2,1-3H3,(H,22,25). The molecule has 1 atom stereocenters. The first-order valence-corrected chi connectivity index (χ1v) is 8.52. The van der Waals surface area contributed by atoms with E-state index in [0.29, 0.717) is 6.54 Å². The summed E-state index contributed by atoms with van der Waals surface area (Å²) in [6.45, 7) is 4.55. The predicted molar refractivity (Wildman–Crippen MR) is 99.8 cm³/mol. The topological polar surface area (TPSA) is 46.9 Å². The largest absolute Gasteiger partial charge is 0.350 e. The fraction of sp³-hybridized carbons (Fsp3) is 0.238. The molecule has 0 radical (unpaired) electrons. The van der Waals surface area contributed by atoms with Gasteiger partial charge < -0.3 is 5.32 Å². The van der Waals surface area contributed by atoms with Gasteiger partial charge in [-0.05, 0) is 37.1 Å². The van der Waals surface area contributed by atoms with Crippen LogP contribution >= 0.6 is 0 Å². The fourth-order valence-electron chi connectivity index (χ4n) is 3.53. The lowest BCUT2D eigenvalue weighted by Crippen LogP contribution is -2.26. The highest BCUT2D eigenvalue weighted by Crippen LogP contribution is 2.46. The number of rotatable bonds is 4. The summed E-state index contributed by atoms with van der Waals surface area (Å²) in [5.74, 6) is -0.0399. The average molecular weight is 331 g/mol. The maximum absolute atomic E-state index is 12.6. The number of hydrogen-bond donors (Lipinski definition) is 1. The van der Waals surface area contributed by atoms with E-state index in [9.17, 15) is 4.79 Å². The van der Waals surface area contributed by atoms with Crippen molar-refractivity contribution in [3.05, 3.63) is 70.9 Å². The zero-order chi connectivity index (χ0) is 17.6. The molecule has 1 aliphatic carbocycles. The molecule has 1 unspecified atom stereocenters. The minimum absolute atomic E-state index is 0.0582. The van der Waals surface area contributed by atoms with Gasteiger partial charge in [0.25, 0.3) is 0 Å². The number of fused-ring (bicyclic) bond motifs is 1. The summed E-state index contributed by atoms with van der Waals surface area (Å²) in [7, 11) is 1.93. The van der Waals surface area contributed by atoms with Crippen LogP contribution in [0.4, 0.5) is 0 Å². The molecule has 4 nitrogen and oxygen atoms in total. The number of amides is 1. The van der Waals surface area contributed by atoms with Crippen LogP contribution in [0.2, 0.25) is 0 Å². The molecule has 1 aliphatic rings. The van der Waals surface area contributed by atoms with E-state index in [4.69, 9.17) is 0 Å². The molecule has 2 aromatic carbocycles. The molecule has 1 aromatic heterocycles. The lowest BCUT2D eigenvalue weighted by Gasteiger charge is -2.05. The molecule has 126 valence electrons. The molecule has 0 bridgehead atoms. The van der Waals surface area contributed by atoms with Crippen molar-refractivity contribution in [1.82, 2.24) is 15.1 Å². The number of nitrogens with one attached hydrogen (secondary N) is 1. The number of carbonyl (C=O) groups is 1. The Hall–Kier alpha value is -2.88. The third-order valence-corrected chi connectivity index (χ3v) is 4.92. The normalized spacial score (nSPS) is 16.4. The predicted octanol–water partition coefficient (Wildman–Crippen LogP) is 3.60. The van der Waals surface area contributed by atoms with Gasteiger partial charge in [0.15, 0.2) is 0 Å². The zero-order valence-corrected chi connectivity index (χ0v) is 14.7. The molecule has 4 rings (SSSR count). The second kappa shape index (κ2) is 5.88. The van der Waals surface area contributed by atoms with E-state index in [2.05, 4.69) is 47.7 Å². The van der Waals surface area contributed by atoms with Crippen molar-refractivity contribution in [1.29, 1.82) is 0 Å². The van der Waals surface area contributed by atoms with E-state index in [-0.39, 0.29) is 11.8 Å². The fourth-order valence-corrected chi connectivity index (χ4v) is 3.53. The van der Waals surface area contributed by atoms with Gasteiger partial charge in [0.1, 0.15) is 0 Å². The number of benzene rings is 2. The van der Waals surface area contributed by atoms with Gasteiger partial charge in [-0.25, -0.2) is 0 Å². The molecule has 0 aliphatic heterocycles. The lowest BCUT2D eigenvalue weighted by atomic mass is 10.1. The van der Waals surface area contributed by atoms with Crippen LogP contribution in [-0.2, 0) is 18.4 Å². The highest BCUT2D eigenvalue weighted by molar-refractivity contribution is 6.05. The summed E-state index contributed by atoms with van der Waals surface area (Å²) >= 11 is 0. The van der Waals surface area contributed by atoms with Gasteiger partial charge in [-0.2, -0.15) is 5.10 Å². The Morgan fingerprint density at radius 3 is 2.68 bits per heavy atom. The maximum Gasteiger partial charge on any atom is 0.232 e. The van der Waals surface area contributed by atoms with E-state index in [1.807, 2.05) is 36.9 Å². The Labute approximate surface area is 147 Å². The van der Waals surface area contributed by atoms with Crippen LogP contribution < -0.4 is 5.32 Å². The van der Waals surface area contributed by atoms with Crippen molar-refractivity contribution in [3.63, 3.8) is 0 Å². The summed E-state index contributed by atoms with van der Waals surface area (Å²) in [5, 5.41) is 8.73. The van der Waals surface area contributed by atoms with Gasteiger partial charge in [-0.15, -0.1) is 0 Å². The first-order chi connectivity index (χ1) is 12.1. The Bertz CT molecular complexity index is 999. The molecular formula is C21H21N3O. The van der Waals surface area contributed by atoms with Crippen LogP contribution in [0.5, 0.6) is 0 Å². The van der Waals surface area contributed by atoms with Gasteiger partial charge in [0, 0.05) is 12.4 Å². The monoisotopic (exact) mass is 331 g/mol. The minimum atomic E-state index is -0.0980. The molecule has 0 saturated heterocycles.